The summed E-state index contributed by atoms with van der Waals surface area (Å²) in [6.45, 7) is 0. The van der Waals surface area contributed by atoms with E-state index in [0.717, 1.165) is 22.1 Å². The highest BCUT2D eigenvalue weighted by Gasteiger charge is 2.14. The van der Waals surface area contributed by atoms with Gasteiger partial charge in [-0.3, -0.25) is 0 Å². The quantitative estimate of drug-likeness (QED) is 0.467. The molecule has 4 aromatic rings. The van der Waals surface area contributed by atoms with Gasteiger partial charge in [0, 0.05) is 28.6 Å². The molecule has 0 unspecified atom stereocenters. The van der Waals surface area contributed by atoms with Gasteiger partial charge < -0.3 is 9.09 Å². The van der Waals surface area contributed by atoms with E-state index in [-0.39, 0.29) is 0 Å². The molecule has 0 saturated heterocycles. The van der Waals surface area contributed by atoms with Crippen molar-refractivity contribution in [3.63, 3.8) is 0 Å². The Labute approximate surface area is 156 Å². The second kappa shape index (κ2) is 6.99. The van der Waals surface area contributed by atoms with E-state index in [1.165, 1.54) is 11.8 Å². The second-order valence-corrected chi connectivity index (χ2v) is 7.34. The van der Waals surface area contributed by atoms with Gasteiger partial charge in [0.15, 0.2) is 11.0 Å². The molecule has 9 heteroatoms. The number of halogens is 1. The molecular weight excluding hydrogens is 378 g/mol. The Morgan fingerprint density at radius 2 is 2.00 bits per heavy atom. The molecule has 0 fully saturated rings. The predicted molar refractivity (Wildman–Crippen MR) is 98.6 cm³/mol. The first-order valence-electron chi connectivity index (χ1n) is 7.34. The van der Waals surface area contributed by atoms with Crippen LogP contribution in [0, 0.1) is 0 Å². The Balaban J connectivity index is 1.48. The molecule has 6 nitrogen and oxygen atoms in total. The topological polar surface area (TPSA) is 69.6 Å². The molecule has 0 aliphatic rings. The number of thiophene rings is 1. The molecule has 0 aliphatic carbocycles. The molecule has 0 aliphatic heterocycles. The van der Waals surface area contributed by atoms with E-state index in [2.05, 4.69) is 20.3 Å². The van der Waals surface area contributed by atoms with Crippen molar-refractivity contribution in [2.75, 3.05) is 0 Å². The molecule has 0 saturated carbocycles. The van der Waals surface area contributed by atoms with Gasteiger partial charge >= 0.3 is 0 Å². The molecule has 4 rings (SSSR count). The highest BCUT2D eigenvalue weighted by molar-refractivity contribution is 7.98. The van der Waals surface area contributed by atoms with Crippen molar-refractivity contribution in [1.29, 1.82) is 0 Å². The fourth-order valence-corrected chi connectivity index (χ4v) is 3.75. The molecular formula is C16H12ClN5OS2. The molecule has 3 heterocycles. The third-order valence-electron chi connectivity index (χ3n) is 3.51. The summed E-state index contributed by atoms with van der Waals surface area (Å²) in [6.07, 6.45) is 0. The van der Waals surface area contributed by atoms with Gasteiger partial charge in [-0.05, 0) is 35.7 Å². The van der Waals surface area contributed by atoms with Crippen molar-refractivity contribution in [1.82, 2.24) is 24.9 Å². The maximum absolute atomic E-state index is 5.93. The highest BCUT2D eigenvalue weighted by Crippen LogP contribution is 2.26. The summed E-state index contributed by atoms with van der Waals surface area (Å²) in [7, 11) is 1.93. The van der Waals surface area contributed by atoms with Crippen molar-refractivity contribution in [2.24, 2.45) is 7.05 Å². The lowest BCUT2D eigenvalue weighted by molar-refractivity contribution is 0.391. The van der Waals surface area contributed by atoms with Gasteiger partial charge in [-0.25, -0.2) is 0 Å². The van der Waals surface area contributed by atoms with Gasteiger partial charge in [0.1, 0.15) is 0 Å². The van der Waals surface area contributed by atoms with Crippen LogP contribution in [0.15, 0.2) is 50.8 Å². The minimum atomic E-state index is 0.531. The summed E-state index contributed by atoms with van der Waals surface area (Å²) in [5.41, 5.74) is 1.93. The molecule has 3 aromatic heterocycles. The van der Waals surface area contributed by atoms with Crippen molar-refractivity contribution in [3.05, 3.63) is 52.0 Å². The third kappa shape index (κ3) is 3.46. The van der Waals surface area contributed by atoms with E-state index in [1.54, 1.807) is 11.3 Å². The lowest BCUT2D eigenvalue weighted by Gasteiger charge is -2.03. The number of nitrogens with zero attached hydrogens (tertiary/aromatic N) is 5. The van der Waals surface area contributed by atoms with Crippen LogP contribution in [-0.4, -0.2) is 24.9 Å². The zero-order chi connectivity index (χ0) is 17.2. The Kier molecular flexibility index (Phi) is 4.56. The van der Waals surface area contributed by atoms with Crippen LogP contribution in [0.4, 0.5) is 0 Å². The number of rotatable bonds is 5. The van der Waals surface area contributed by atoms with Gasteiger partial charge in [-0.15, -0.1) is 10.2 Å². The predicted octanol–water partition coefficient (Wildman–Crippen LogP) is 4.54. The molecule has 0 atom stereocenters. The summed E-state index contributed by atoms with van der Waals surface area (Å²) in [5.74, 6) is 2.48. The monoisotopic (exact) mass is 389 g/mol. The lowest BCUT2D eigenvalue weighted by atomic mass is 10.2. The van der Waals surface area contributed by atoms with Crippen molar-refractivity contribution in [2.45, 2.75) is 10.9 Å². The number of benzene rings is 1. The Morgan fingerprint density at radius 1 is 1.16 bits per heavy atom. The molecule has 1 aromatic carbocycles. The average Bonchev–Trinajstić information content (AvgIpc) is 3.35. The first kappa shape index (κ1) is 16.3. The van der Waals surface area contributed by atoms with E-state index in [0.29, 0.717) is 22.5 Å². The van der Waals surface area contributed by atoms with E-state index in [4.69, 9.17) is 16.1 Å². The largest absolute Gasteiger partial charge is 0.338 e. The van der Waals surface area contributed by atoms with Crippen LogP contribution < -0.4 is 0 Å². The standard InChI is InChI=1S/C16H12ClN5OS2/c1-22-15(10-2-4-12(17)5-3-10)19-20-16(22)25-9-13-18-14(21-23-13)11-6-7-24-8-11/h2-8H,9H2,1H3. The van der Waals surface area contributed by atoms with Crippen LogP contribution in [0.3, 0.4) is 0 Å². The summed E-state index contributed by atoms with van der Waals surface area (Å²) in [6, 6.07) is 9.48. The smallest absolute Gasteiger partial charge is 0.237 e. The highest BCUT2D eigenvalue weighted by atomic mass is 35.5. The molecule has 126 valence electrons. The van der Waals surface area contributed by atoms with E-state index < -0.39 is 0 Å². The molecule has 0 bridgehead atoms. The number of thioether (sulfide) groups is 1. The number of aromatic nitrogens is 5. The van der Waals surface area contributed by atoms with E-state index >= 15 is 0 Å². The molecule has 0 N–H and O–H groups in total. The summed E-state index contributed by atoms with van der Waals surface area (Å²) < 4.78 is 7.24. The van der Waals surface area contributed by atoms with Gasteiger partial charge in [0.2, 0.25) is 11.7 Å². The summed E-state index contributed by atoms with van der Waals surface area (Å²) in [4.78, 5) is 4.41. The van der Waals surface area contributed by atoms with Crippen LogP contribution in [0.1, 0.15) is 5.89 Å². The van der Waals surface area contributed by atoms with Crippen molar-refractivity contribution < 1.29 is 4.52 Å². The minimum absolute atomic E-state index is 0.531. The van der Waals surface area contributed by atoms with Crippen LogP contribution in [0.25, 0.3) is 22.8 Å². The maximum atomic E-state index is 5.93. The van der Waals surface area contributed by atoms with Crippen LogP contribution >= 0.6 is 34.7 Å². The normalized spacial score (nSPS) is 11.1. The Bertz CT molecular complexity index is 979. The van der Waals surface area contributed by atoms with Crippen molar-refractivity contribution in [3.8, 4) is 22.8 Å². The fourth-order valence-electron chi connectivity index (χ4n) is 2.24. The first-order valence-corrected chi connectivity index (χ1v) is 9.64. The van der Waals surface area contributed by atoms with Crippen LogP contribution in [-0.2, 0) is 12.8 Å². The minimum Gasteiger partial charge on any atom is -0.338 e. The maximum Gasteiger partial charge on any atom is 0.237 e. The zero-order valence-corrected chi connectivity index (χ0v) is 15.5. The van der Waals surface area contributed by atoms with E-state index in [9.17, 15) is 0 Å². The molecule has 0 spiro atoms. The zero-order valence-electron chi connectivity index (χ0n) is 13.1. The fraction of sp³-hybridized carbons (Fsp3) is 0.125. The van der Waals surface area contributed by atoms with Crippen LogP contribution in [0.2, 0.25) is 5.02 Å². The molecule has 25 heavy (non-hydrogen) atoms. The first-order chi connectivity index (χ1) is 12.2. The SMILES string of the molecule is Cn1c(SCc2nc(-c3ccsc3)no2)nnc1-c1ccc(Cl)cc1. The summed E-state index contributed by atoms with van der Waals surface area (Å²) >= 11 is 9.03. The second-order valence-electron chi connectivity index (χ2n) is 5.18. The third-order valence-corrected chi connectivity index (χ3v) is 5.45. The van der Waals surface area contributed by atoms with Gasteiger partial charge in [-0.2, -0.15) is 16.3 Å². The molecule has 0 radical (unpaired) electrons. The van der Waals surface area contributed by atoms with E-state index in [1.807, 2.05) is 52.7 Å². The Morgan fingerprint density at radius 3 is 2.76 bits per heavy atom. The van der Waals surface area contributed by atoms with Crippen LogP contribution in [0.5, 0.6) is 0 Å². The van der Waals surface area contributed by atoms with Crippen molar-refractivity contribution >= 4 is 34.7 Å². The summed E-state index contributed by atoms with van der Waals surface area (Å²) in [5, 5.41) is 17.9. The Hall–Kier alpha value is -2.16. The average molecular weight is 390 g/mol. The number of hydrogen-bond donors (Lipinski definition) is 0. The lowest BCUT2D eigenvalue weighted by Crippen LogP contribution is -1.95. The number of hydrogen-bond acceptors (Lipinski definition) is 7. The van der Waals surface area contributed by atoms with Gasteiger partial charge in [0.25, 0.3) is 0 Å². The van der Waals surface area contributed by atoms with Gasteiger partial charge in [-0.1, -0.05) is 28.5 Å². The molecule has 0 amide bonds. The van der Waals surface area contributed by atoms with Gasteiger partial charge in [0.05, 0.1) is 5.75 Å².